The van der Waals surface area contributed by atoms with Gasteiger partial charge in [0.15, 0.2) is 0 Å². The van der Waals surface area contributed by atoms with Gasteiger partial charge in [-0.1, -0.05) is 31.2 Å². The third-order valence-corrected chi connectivity index (χ3v) is 3.79. The predicted molar refractivity (Wildman–Crippen MR) is 74.5 cm³/mol. The Morgan fingerprint density at radius 2 is 2.26 bits per heavy atom. The zero-order valence-corrected chi connectivity index (χ0v) is 11.3. The molecule has 0 fully saturated rings. The maximum Gasteiger partial charge on any atom is 0.223 e. The van der Waals surface area contributed by atoms with Crippen LogP contribution in [0.3, 0.4) is 0 Å². The van der Waals surface area contributed by atoms with Crippen molar-refractivity contribution in [3.05, 3.63) is 35.4 Å². The van der Waals surface area contributed by atoms with Crippen molar-refractivity contribution >= 4 is 5.91 Å². The van der Waals surface area contributed by atoms with E-state index in [-0.39, 0.29) is 17.9 Å². The van der Waals surface area contributed by atoms with E-state index in [0.717, 1.165) is 24.0 Å². The number of hydrogen-bond acceptors (Lipinski definition) is 3. The van der Waals surface area contributed by atoms with Crippen molar-refractivity contribution in [1.29, 1.82) is 0 Å². The van der Waals surface area contributed by atoms with Gasteiger partial charge in [0.2, 0.25) is 5.91 Å². The van der Waals surface area contributed by atoms with Crippen LogP contribution in [0.1, 0.15) is 36.9 Å². The molecule has 0 saturated carbocycles. The fourth-order valence-corrected chi connectivity index (χ4v) is 2.60. The van der Waals surface area contributed by atoms with E-state index in [1.807, 2.05) is 31.2 Å². The van der Waals surface area contributed by atoms with Gasteiger partial charge in [0.25, 0.3) is 0 Å². The average molecular weight is 262 g/mol. The number of carbonyl (C=O) groups excluding carboxylic acids is 1. The van der Waals surface area contributed by atoms with Crippen LogP contribution in [0.15, 0.2) is 24.3 Å². The molecule has 4 nitrogen and oxygen atoms in total. The number of hydrogen-bond donors (Lipinski definition) is 3. The summed E-state index contributed by atoms with van der Waals surface area (Å²) in [5, 5.41) is 13.0. The zero-order valence-electron chi connectivity index (χ0n) is 11.3. The number of amides is 1. The number of rotatable bonds is 5. The molecular formula is C15H22N2O2. The van der Waals surface area contributed by atoms with Crippen molar-refractivity contribution in [2.75, 3.05) is 6.54 Å². The summed E-state index contributed by atoms with van der Waals surface area (Å²) < 4.78 is 0. The Labute approximate surface area is 114 Å². The second kappa shape index (κ2) is 6.17. The molecule has 1 aliphatic carbocycles. The van der Waals surface area contributed by atoms with Crippen LogP contribution < -0.4 is 11.1 Å². The Hall–Kier alpha value is -1.39. The first-order chi connectivity index (χ1) is 9.13. The summed E-state index contributed by atoms with van der Waals surface area (Å²) in [5.74, 6) is -0.0716. The normalized spacial score (nSPS) is 22.9. The van der Waals surface area contributed by atoms with Crippen molar-refractivity contribution in [3.8, 4) is 0 Å². The van der Waals surface area contributed by atoms with E-state index in [9.17, 15) is 9.90 Å². The highest BCUT2D eigenvalue weighted by atomic mass is 16.3. The van der Waals surface area contributed by atoms with Crippen LogP contribution in [-0.2, 0) is 11.2 Å². The molecule has 0 aromatic heterocycles. The Morgan fingerprint density at radius 3 is 3.00 bits per heavy atom. The number of aliphatic hydroxyl groups is 1. The van der Waals surface area contributed by atoms with Crippen molar-refractivity contribution in [2.45, 2.75) is 38.3 Å². The monoisotopic (exact) mass is 262 g/mol. The molecule has 4 N–H and O–H groups in total. The van der Waals surface area contributed by atoms with Crippen molar-refractivity contribution in [3.63, 3.8) is 0 Å². The van der Waals surface area contributed by atoms with Crippen LogP contribution in [0.4, 0.5) is 0 Å². The van der Waals surface area contributed by atoms with Gasteiger partial charge in [0.1, 0.15) is 0 Å². The molecule has 0 spiro atoms. The molecule has 2 rings (SSSR count). The van der Waals surface area contributed by atoms with Crippen molar-refractivity contribution in [2.24, 2.45) is 11.7 Å². The number of carbonyl (C=O) groups is 1. The van der Waals surface area contributed by atoms with Crippen LogP contribution in [0, 0.1) is 5.92 Å². The molecule has 0 unspecified atom stereocenters. The Bertz CT molecular complexity index is 448. The lowest BCUT2D eigenvalue weighted by Crippen LogP contribution is -2.37. The highest BCUT2D eigenvalue weighted by Crippen LogP contribution is 2.31. The molecule has 0 aliphatic heterocycles. The fourth-order valence-electron chi connectivity index (χ4n) is 2.60. The molecule has 0 bridgehead atoms. The van der Waals surface area contributed by atoms with E-state index >= 15 is 0 Å². The first-order valence-electron chi connectivity index (χ1n) is 6.89. The number of aliphatic hydroxyl groups excluding tert-OH is 1. The fraction of sp³-hybridized carbons (Fsp3) is 0.533. The quantitative estimate of drug-likeness (QED) is 0.744. The number of fused-ring (bicyclic) bond motifs is 1. The molecule has 0 saturated heterocycles. The minimum atomic E-state index is -0.525. The van der Waals surface area contributed by atoms with Crippen LogP contribution in [-0.4, -0.2) is 23.7 Å². The SMILES string of the molecule is C[C@H](CCCN)C(=O)N[C@H]1c2ccccc2C[C@H]1O. The Morgan fingerprint density at radius 1 is 1.53 bits per heavy atom. The maximum atomic E-state index is 12.1. The topological polar surface area (TPSA) is 75.4 Å². The summed E-state index contributed by atoms with van der Waals surface area (Å²) in [6.45, 7) is 2.50. The summed E-state index contributed by atoms with van der Waals surface area (Å²) >= 11 is 0. The lowest BCUT2D eigenvalue weighted by molar-refractivity contribution is -0.126. The molecule has 1 aliphatic rings. The van der Waals surface area contributed by atoms with Crippen molar-refractivity contribution < 1.29 is 9.90 Å². The third-order valence-electron chi connectivity index (χ3n) is 3.79. The number of nitrogens with two attached hydrogens (primary N) is 1. The zero-order chi connectivity index (χ0) is 13.8. The van der Waals surface area contributed by atoms with Gasteiger partial charge in [0, 0.05) is 12.3 Å². The molecule has 104 valence electrons. The lowest BCUT2D eigenvalue weighted by Gasteiger charge is -2.20. The lowest BCUT2D eigenvalue weighted by atomic mass is 10.0. The standard InChI is InChI=1S/C15H22N2O2/c1-10(5-4-8-16)15(19)17-14-12-7-3-2-6-11(12)9-13(14)18/h2-3,6-7,10,13-14,18H,4-5,8-9,16H2,1H3,(H,17,19)/t10-,13-,14+/m1/s1. The van der Waals surface area contributed by atoms with Gasteiger partial charge in [0.05, 0.1) is 12.1 Å². The van der Waals surface area contributed by atoms with E-state index in [4.69, 9.17) is 5.73 Å². The molecule has 0 heterocycles. The minimum absolute atomic E-state index is 0.00537. The first kappa shape index (κ1) is 14.0. The maximum absolute atomic E-state index is 12.1. The minimum Gasteiger partial charge on any atom is -0.390 e. The Balaban J connectivity index is 2.01. The largest absolute Gasteiger partial charge is 0.390 e. The molecule has 1 aromatic carbocycles. The number of nitrogens with one attached hydrogen (secondary N) is 1. The summed E-state index contributed by atoms with van der Waals surface area (Å²) in [4.78, 5) is 12.1. The van der Waals surface area contributed by atoms with Crippen molar-refractivity contribution in [1.82, 2.24) is 5.32 Å². The van der Waals surface area contributed by atoms with Crippen LogP contribution in [0.5, 0.6) is 0 Å². The van der Waals surface area contributed by atoms with Gasteiger partial charge in [-0.2, -0.15) is 0 Å². The van der Waals surface area contributed by atoms with Crippen LogP contribution >= 0.6 is 0 Å². The summed E-state index contributed by atoms with van der Waals surface area (Å²) in [5.41, 5.74) is 7.61. The van der Waals surface area contributed by atoms with Gasteiger partial charge in [-0.05, 0) is 30.5 Å². The molecule has 1 aromatic rings. The summed E-state index contributed by atoms with van der Waals surface area (Å²) in [6.07, 6.45) is 1.71. The molecular weight excluding hydrogens is 240 g/mol. The molecule has 1 amide bonds. The summed E-state index contributed by atoms with van der Waals surface area (Å²) in [7, 11) is 0. The van der Waals surface area contributed by atoms with E-state index in [1.54, 1.807) is 0 Å². The average Bonchev–Trinajstić information content (AvgIpc) is 2.72. The van der Waals surface area contributed by atoms with Gasteiger partial charge in [-0.3, -0.25) is 4.79 Å². The highest BCUT2D eigenvalue weighted by molar-refractivity contribution is 5.79. The van der Waals surface area contributed by atoms with E-state index < -0.39 is 6.10 Å². The van der Waals surface area contributed by atoms with Gasteiger partial charge in [-0.15, -0.1) is 0 Å². The van der Waals surface area contributed by atoms with Gasteiger partial charge < -0.3 is 16.2 Å². The number of benzene rings is 1. The van der Waals surface area contributed by atoms with E-state index in [1.165, 1.54) is 0 Å². The molecule has 0 radical (unpaired) electrons. The second-order valence-electron chi connectivity index (χ2n) is 5.29. The Kier molecular flexibility index (Phi) is 4.56. The third kappa shape index (κ3) is 3.14. The predicted octanol–water partition coefficient (Wildman–Crippen LogP) is 1.14. The highest BCUT2D eigenvalue weighted by Gasteiger charge is 2.32. The molecule has 19 heavy (non-hydrogen) atoms. The van der Waals surface area contributed by atoms with Crippen LogP contribution in [0.2, 0.25) is 0 Å². The van der Waals surface area contributed by atoms with Gasteiger partial charge >= 0.3 is 0 Å². The molecule has 4 heteroatoms. The van der Waals surface area contributed by atoms with E-state index in [0.29, 0.717) is 13.0 Å². The van der Waals surface area contributed by atoms with E-state index in [2.05, 4.69) is 5.32 Å². The van der Waals surface area contributed by atoms with Gasteiger partial charge in [-0.25, -0.2) is 0 Å². The first-order valence-corrected chi connectivity index (χ1v) is 6.89. The summed E-state index contributed by atoms with van der Waals surface area (Å²) in [6, 6.07) is 7.60. The van der Waals surface area contributed by atoms with Crippen LogP contribution in [0.25, 0.3) is 0 Å². The second-order valence-corrected chi connectivity index (χ2v) is 5.29. The smallest absolute Gasteiger partial charge is 0.223 e. The molecule has 3 atom stereocenters.